The van der Waals surface area contributed by atoms with Crippen LogP contribution < -0.4 is 10.6 Å². The molecule has 2 rings (SSSR count). The summed E-state index contributed by atoms with van der Waals surface area (Å²) in [5.74, 6) is 1.00. The summed E-state index contributed by atoms with van der Waals surface area (Å²) in [6.07, 6.45) is 8.37. The summed E-state index contributed by atoms with van der Waals surface area (Å²) in [5, 5.41) is 7.29. The molecule has 1 aliphatic heterocycles. The van der Waals surface area contributed by atoms with Crippen molar-refractivity contribution in [3.05, 3.63) is 0 Å². The minimum Gasteiger partial charge on any atom is -0.313 e. The molecule has 0 spiro atoms. The van der Waals surface area contributed by atoms with Gasteiger partial charge in [0.15, 0.2) is 0 Å². The molecule has 2 nitrogen and oxygen atoms in total. The topological polar surface area (TPSA) is 24.1 Å². The third-order valence-corrected chi connectivity index (χ3v) is 3.62. The second-order valence-electron chi connectivity index (χ2n) is 4.95. The Morgan fingerprint density at radius 1 is 1.36 bits per heavy atom. The van der Waals surface area contributed by atoms with E-state index in [1.54, 1.807) is 0 Å². The highest BCUT2D eigenvalue weighted by molar-refractivity contribution is 4.93. The largest absolute Gasteiger partial charge is 0.313 e. The van der Waals surface area contributed by atoms with Crippen molar-refractivity contribution >= 4 is 0 Å². The minimum absolute atomic E-state index is 0.756. The van der Waals surface area contributed by atoms with Gasteiger partial charge in [-0.15, -0.1) is 0 Å². The van der Waals surface area contributed by atoms with Gasteiger partial charge >= 0.3 is 0 Å². The van der Waals surface area contributed by atoms with Crippen molar-refractivity contribution in [2.45, 2.75) is 57.5 Å². The Labute approximate surface area is 87.8 Å². The molecule has 2 heteroatoms. The molecule has 2 aliphatic rings. The molecule has 82 valence electrons. The summed E-state index contributed by atoms with van der Waals surface area (Å²) in [5.41, 5.74) is 0. The van der Waals surface area contributed by atoms with Crippen molar-refractivity contribution in [3.8, 4) is 0 Å². The molecule has 2 N–H and O–H groups in total. The van der Waals surface area contributed by atoms with Crippen LogP contribution in [0.15, 0.2) is 0 Å². The maximum atomic E-state index is 3.70. The smallest absolute Gasteiger partial charge is 0.0192 e. The normalized spacial score (nSPS) is 37.1. The minimum atomic E-state index is 0.756. The fourth-order valence-corrected chi connectivity index (χ4v) is 2.58. The van der Waals surface area contributed by atoms with E-state index in [0.717, 1.165) is 18.0 Å². The van der Waals surface area contributed by atoms with Crippen LogP contribution in [-0.2, 0) is 0 Å². The van der Waals surface area contributed by atoms with E-state index in [2.05, 4.69) is 17.6 Å². The Kier molecular flexibility index (Phi) is 3.82. The van der Waals surface area contributed by atoms with E-state index < -0.39 is 0 Å². The summed E-state index contributed by atoms with van der Waals surface area (Å²) in [6.45, 7) is 4.72. The van der Waals surface area contributed by atoms with Crippen molar-refractivity contribution in [1.82, 2.24) is 10.6 Å². The van der Waals surface area contributed by atoms with E-state index in [-0.39, 0.29) is 0 Å². The highest BCUT2D eigenvalue weighted by Crippen LogP contribution is 2.34. The van der Waals surface area contributed by atoms with Gasteiger partial charge in [-0.3, -0.25) is 0 Å². The van der Waals surface area contributed by atoms with Gasteiger partial charge in [-0.1, -0.05) is 19.8 Å². The van der Waals surface area contributed by atoms with E-state index >= 15 is 0 Å². The molecule has 0 aromatic heterocycles. The van der Waals surface area contributed by atoms with E-state index in [0.29, 0.717) is 0 Å². The highest BCUT2D eigenvalue weighted by atomic mass is 15.0. The molecule has 0 aromatic rings. The lowest BCUT2D eigenvalue weighted by Crippen LogP contribution is -2.42. The third-order valence-electron chi connectivity index (χ3n) is 3.62. The van der Waals surface area contributed by atoms with E-state index in [9.17, 15) is 0 Å². The number of rotatable bonds is 5. The van der Waals surface area contributed by atoms with Gasteiger partial charge in [0.2, 0.25) is 0 Å². The summed E-state index contributed by atoms with van der Waals surface area (Å²) in [7, 11) is 0. The van der Waals surface area contributed by atoms with Gasteiger partial charge in [0.05, 0.1) is 0 Å². The number of nitrogens with one attached hydrogen (secondary N) is 2. The van der Waals surface area contributed by atoms with E-state index in [1.807, 2.05) is 0 Å². The fourth-order valence-electron chi connectivity index (χ4n) is 2.58. The fraction of sp³-hybridized carbons (Fsp3) is 1.00. The number of hydrogen-bond acceptors (Lipinski definition) is 2. The first-order chi connectivity index (χ1) is 6.90. The highest BCUT2D eigenvalue weighted by Gasteiger charge is 2.35. The maximum Gasteiger partial charge on any atom is 0.0192 e. The van der Waals surface area contributed by atoms with Crippen molar-refractivity contribution < 1.29 is 0 Å². The van der Waals surface area contributed by atoms with Gasteiger partial charge in [-0.05, 0) is 38.1 Å². The van der Waals surface area contributed by atoms with E-state index in [1.165, 1.54) is 51.6 Å². The van der Waals surface area contributed by atoms with Crippen LogP contribution in [0.2, 0.25) is 0 Å². The zero-order valence-corrected chi connectivity index (χ0v) is 9.39. The molecule has 1 saturated heterocycles. The molecule has 0 amide bonds. The molecule has 0 radical (unpaired) electrons. The summed E-state index contributed by atoms with van der Waals surface area (Å²) < 4.78 is 0. The number of hydrogen-bond donors (Lipinski definition) is 2. The molecule has 3 unspecified atom stereocenters. The SMILES string of the molecule is CCCC1CC1NCC1CCCCN1. The first kappa shape index (κ1) is 10.4. The van der Waals surface area contributed by atoms with Gasteiger partial charge in [0.1, 0.15) is 0 Å². The van der Waals surface area contributed by atoms with Crippen molar-refractivity contribution in [1.29, 1.82) is 0 Å². The van der Waals surface area contributed by atoms with Gasteiger partial charge in [0.25, 0.3) is 0 Å². The molecule has 1 aliphatic carbocycles. The predicted molar refractivity (Wildman–Crippen MR) is 60.4 cm³/mol. The molecule has 0 aromatic carbocycles. The Balaban J connectivity index is 1.54. The molecule has 2 fully saturated rings. The molecule has 0 bridgehead atoms. The van der Waals surface area contributed by atoms with Gasteiger partial charge in [-0.25, -0.2) is 0 Å². The zero-order chi connectivity index (χ0) is 9.80. The van der Waals surface area contributed by atoms with Crippen LogP contribution in [0.5, 0.6) is 0 Å². The molecule has 14 heavy (non-hydrogen) atoms. The van der Waals surface area contributed by atoms with Gasteiger partial charge < -0.3 is 10.6 Å². The summed E-state index contributed by atoms with van der Waals surface area (Å²) >= 11 is 0. The Morgan fingerprint density at radius 3 is 3.00 bits per heavy atom. The molecule has 3 atom stereocenters. The zero-order valence-electron chi connectivity index (χ0n) is 9.39. The quantitative estimate of drug-likeness (QED) is 0.702. The lowest BCUT2D eigenvalue weighted by molar-refractivity contribution is 0.379. The van der Waals surface area contributed by atoms with Crippen LogP contribution in [-0.4, -0.2) is 25.2 Å². The average molecular weight is 196 g/mol. The Bertz CT molecular complexity index is 164. The molecule has 1 heterocycles. The van der Waals surface area contributed by atoms with Gasteiger partial charge in [-0.2, -0.15) is 0 Å². The van der Waals surface area contributed by atoms with Crippen LogP contribution in [0.4, 0.5) is 0 Å². The standard InChI is InChI=1S/C12H24N2/c1-2-5-10-8-12(10)14-9-11-6-3-4-7-13-11/h10-14H,2-9H2,1H3. The molecular formula is C12H24N2. The second-order valence-corrected chi connectivity index (χ2v) is 4.95. The van der Waals surface area contributed by atoms with Crippen molar-refractivity contribution in [2.75, 3.05) is 13.1 Å². The van der Waals surface area contributed by atoms with Gasteiger partial charge in [0, 0.05) is 18.6 Å². The molecule has 1 saturated carbocycles. The predicted octanol–water partition coefficient (Wildman–Crippen LogP) is 1.91. The van der Waals surface area contributed by atoms with Crippen molar-refractivity contribution in [3.63, 3.8) is 0 Å². The third kappa shape index (κ3) is 2.96. The second kappa shape index (κ2) is 5.13. The van der Waals surface area contributed by atoms with Crippen LogP contribution in [0, 0.1) is 5.92 Å². The van der Waals surface area contributed by atoms with Crippen LogP contribution >= 0.6 is 0 Å². The monoisotopic (exact) mass is 196 g/mol. The summed E-state index contributed by atoms with van der Waals surface area (Å²) in [4.78, 5) is 0. The lowest BCUT2D eigenvalue weighted by atomic mass is 10.1. The Morgan fingerprint density at radius 2 is 2.29 bits per heavy atom. The first-order valence-corrected chi connectivity index (χ1v) is 6.37. The Hall–Kier alpha value is -0.0800. The van der Waals surface area contributed by atoms with Crippen LogP contribution in [0.3, 0.4) is 0 Å². The number of piperidine rings is 1. The first-order valence-electron chi connectivity index (χ1n) is 6.37. The van der Waals surface area contributed by atoms with Crippen LogP contribution in [0.1, 0.15) is 45.4 Å². The maximum absolute atomic E-state index is 3.70. The summed E-state index contributed by atoms with van der Waals surface area (Å²) in [6, 6.07) is 1.62. The van der Waals surface area contributed by atoms with Crippen molar-refractivity contribution in [2.24, 2.45) is 5.92 Å². The molecular weight excluding hydrogens is 172 g/mol. The van der Waals surface area contributed by atoms with Crippen LogP contribution in [0.25, 0.3) is 0 Å². The van der Waals surface area contributed by atoms with E-state index in [4.69, 9.17) is 0 Å². The average Bonchev–Trinajstić information content (AvgIpc) is 2.96. The lowest BCUT2D eigenvalue weighted by Gasteiger charge is -2.23.